The largest absolute Gasteiger partial charge is 0.385 e. The first-order chi connectivity index (χ1) is 8.38. The summed E-state index contributed by atoms with van der Waals surface area (Å²) in [5.41, 5.74) is 0. The molecule has 0 unspecified atom stereocenters. The quantitative estimate of drug-likeness (QED) is 0.709. The zero-order chi connectivity index (χ0) is 11.9. The van der Waals surface area contributed by atoms with Gasteiger partial charge in [-0.15, -0.1) is 0 Å². The Balaban J connectivity index is 1.76. The van der Waals surface area contributed by atoms with Crippen molar-refractivity contribution >= 4 is 0 Å². The first-order valence-corrected chi connectivity index (χ1v) is 6.12. The number of rotatable bonds is 6. The van der Waals surface area contributed by atoms with Gasteiger partial charge in [0.05, 0.1) is 6.54 Å². The Morgan fingerprint density at radius 1 is 1.41 bits per heavy atom. The van der Waals surface area contributed by atoms with Gasteiger partial charge >= 0.3 is 0 Å². The van der Waals surface area contributed by atoms with E-state index in [4.69, 9.17) is 9.26 Å². The van der Waals surface area contributed by atoms with Crippen LogP contribution in [-0.2, 0) is 17.7 Å². The van der Waals surface area contributed by atoms with Crippen LogP contribution in [0.3, 0.4) is 0 Å². The third-order valence-corrected chi connectivity index (χ3v) is 2.82. The zero-order valence-corrected chi connectivity index (χ0v) is 10.3. The molecule has 1 N–H and O–H groups in total. The van der Waals surface area contributed by atoms with Crippen LogP contribution in [0.25, 0.3) is 0 Å². The predicted molar refractivity (Wildman–Crippen MR) is 62.6 cm³/mol. The average molecular weight is 240 g/mol. The van der Waals surface area contributed by atoms with E-state index in [-0.39, 0.29) is 0 Å². The Morgan fingerprint density at radius 3 is 3.00 bits per heavy atom. The van der Waals surface area contributed by atoms with E-state index >= 15 is 0 Å². The molecule has 0 saturated carbocycles. The minimum Gasteiger partial charge on any atom is -0.385 e. The van der Waals surface area contributed by atoms with E-state index in [1.165, 1.54) is 0 Å². The molecule has 6 nitrogen and oxygen atoms in total. The van der Waals surface area contributed by atoms with Gasteiger partial charge in [0.1, 0.15) is 0 Å². The van der Waals surface area contributed by atoms with E-state index in [1.54, 1.807) is 7.11 Å². The number of piperazine rings is 1. The monoisotopic (exact) mass is 240 g/mol. The maximum atomic E-state index is 5.19. The smallest absolute Gasteiger partial charge is 0.226 e. The summed E-state index contributed by atoms with van der Waals surface area (Å²) in [4.78, 5) is 6.71. The molecule has 0 radical (unpaired) electrons. The molecule has 1 aromatic heterocycles. The molecule has 17 heavy (non-hydrogen) atoms. The van der Waals surface area contributed by atoms with Gasteiger partial charge in [0.25, 0.3) is 0 Å². The number of aryl methyl sites for hydroxylation is 1. The topological polar surface area (TPSA) is 63.4 Å². The van der Waals surface area contributed by atoms with Crippen LogP contribution in [0, 0.1) is 0 Å². The number of methoxy groups -OCH3 is 1. The highest BCUT2D eigenvalue weighted by molar-refractivity contribution is 4.87. The summed E-state index contributed by atoms with van der Waals surface area (Å²) in [6, 6.07) is 0. The Morgan fingerprint density at radius 2 is 2.24 bits per heavy atom. The van der Waals surface area contributed by atoms with Crippen LogP contribution >= 0.6 is 0 Å². The lowest BCUT2D eigenvalue weighted by atomic mass is 10.3. The van der Waals surface area contributed by atoms with Gasteiger partial charge in [-0.05, 0) is 6.42 Å². The van der Waals surface area contributed by atoms with E-state index in [9.17, 15) is 0 Å². The summed E-state index contributed by atoms with van der Waals surface area (Å²) < 4.78 is 10.2. The molecular weight excluding hydrogens is 220 g/mol. The highest BCUT2D eigenvalue weighted by Crippen LogP contribution is 2.05. The highest BCUT2D eigenvalue weighted by atomic mass is 16.5. The van der Waals surface area contributed by atoms with Gasteiger partial charge in [0.2, 0.25) is 5.89 Å². The van der Waals surface area contributed by atoms with Crippen LogP contribution in [0.2, 0.25) is 0 Å². The number of nitrogens with zero attached hydrogens (tertiary/aromatic N) is 3. The first-order valence-electron chi connectivity index (χ1n) is 6.12. The molecule has 0 spiro atoms. The molecule has 0 atom stereocenters. The first kappa shape index (κ1) is 12.5. The maximum Gasteiger partial charge on any atom is 0.226 e. The van der Waals surface area contributed by atoms with Crippen molar-refractivity contribution in [2.75, 3.05) is 39.9 Å². The standard InChI is InChI=1S/C11H20N4O2/c1-16-8-2-3-11-13-10(14-17-11)9-15-6-4-12-5-7-15/h12H,2-9H2,1H3. The zero-order valence-electron chi connectivity index (χ0n) is 10.3. The fourth-order valence-corrected chi connectivity index (χ4v) is 1.89. The fourth-order valence-electron chi connectivity index (χ4n) is 1.89. The van der Waals surface area contributed by atoms with E-state index < -0.39 is 0 Å². The van der Waals surface area contributed by atoms with E-state index in [0.717, 1.165) is 58.0 Å². The molecule has 2 rings (SSSR count). The van der Waals surface area contributed by atoms with Gasteiger partial charge in [-0.2, -0.15) is 4.98 Å². The Labute approximate surface area is 101 Å². The van der Waals surface area contributed by atoms with Crippen molar-refractivity contribution in [3.8, 4) is 0 Å². The lowest BCUT2D eigenvalue weighted by Crippen LogP contribution is -2.43. The van der Waals surface area contributed by atoms with Crippen molar-refractivity contribution in [2.45, 2.75) is 19.4 Å². The lowest BCUT2D eigenvalue weighted by molar-refractivity contribution is 0.191. The minimum atomic E-state index is 0.715. The normalized spacial score (nSPS) is 17.5. The summed E-state index contributed by atoms with van der Waals surface area (Å²) in [6.45, 7) is 5.70. The number of hydrogen-bond acceptors (Lipinski definition) is 6. The highest BCUT2D eigenvalue weighted by Gasteiger charge is 2.13. The predicted octanol–water partition coefficient (Wildman–Crippen LogP) is 0.0538. The van der Waals surface area contributed by atoms with Crippen molar-refractivity contribution < 1.29 is 9.26 Å². The molecule has 2 heterocycles. The Hall–Kier alpha value is -0.980. The third-order valence-electron chi connectivity index (χ3n) is 2.82. The maximum absolute atomic E-state index is 5.19. The molecule has 6 heteroatoms. The second kappa shape index (κ2) is 6.68. The summed E-state index contributed by atoms with van der Waals surface area (Å²) in [6.07, 6.45) is 1.72. The molecule has 0 aliphatic carbocycles. The molecule has 1 saturated heterocycles. The lowest BCUT2D eigenvalue weighted by Gasteiger charge is -2.25. The molecule has 1 aliphatic heterocycles. The molecule has 0 bridgehead atoms. The fraction of sp³-hybridized carbons (Fsp3) is 0.818. The van der Waals surface area contributed by atoms with Gasteiger partial charge in [-0.3, -0.25) is 4.90 Å². The van der Waals surface area contributed by atoms with Gasteiger partial charge < -0.3 is 14.6 Å². The SMILES string of the molecule is COCCCc1nc(CN2CCNCC2)no1. The third kappa shape index (κ3) is 4.07. The van der Waals surface area contributed by atoms with Crippen molar-refractivity contribution in [3.63, 3.8) is 0 Å². The van der Waals surface area contributed by atoms with Crippen molar-refractivity contribution in [1.29, 1.82) is 0 Å². The molecule has 1 aliphatic rings. The number of aromatic nitrogens is 2. The van der Waals surface area contributed by atoms with E-state index in [0.29, 0.717) is 5.89 Å². The average Bonchev–Trinajstić information content (AvgIpc) is 2.79. The van der Waals surface area contributed by atoms with Crippen LogP contribution in [0.5, 0.6) is 0 Å². The summed E-state index contributed by atoms with van der Waals surface area (Å²) in [7, 11) is 1.70. The molecule has 1 aromatic rings. The minimum absolute atomic E-state index is 0.715. The van der Waals surface area contributed by atoms with Gasteiger partial charge in [-0.25, -0.2) is 0 Å². The summed E-state index contributed by atoms with van der Waals surface area (Å²) in [5, 5.41) is 7.32. The second-order valence-electron chi connectivity index (χ2n) is 4.23. The Kier molecular flexibility index (Phi) is 4.90. The van der Waals surface area contributed by atoms with Crippen LogP contribution in [0.4, 0.5) is 0 Å². The molecule has 0 aromatic carbocycles. The molecule has 1 fully saturated rings. The summed E-state index contributed by atoms with van der Waals surface area (Å²) in [5.74, 6) is 1.51. The van der Waals surface area contributed by atoms with Crippen molar-refractivity contribution in [3.05, 3.63) is 11.7 Å². The van der Waals surface area contributed by atoms with Crippen LogP contribution in [0.1, 0.15) is 18.1 Å². The van der Waals surface area contributed by atoms with Crippen LogP contribution in [-0.4, -0.2) is 54.9 Å². The van der Waals surface area contributed by atoms with Crippen LogP contribution in [0.15, 0.2) is 4.52 Å². The van der Waals surface area contributed by atoms with Gasteiger partial charge in [0.15, 0.2) is 5.82 Å². The number of ether oxygens (including phenoxy) is 1. The van der Waals surface area contributed by atoms with Crippen molar-refractivity contribution in [1.82, 2.24) is 20.4 Å². The summed E-state index contributed by atoms with van der Waals surface area (Å²) >= 11 is 0. The van der Waals surface area contributed by atoms with Gasteiger partial charge in [-0.1, -0.05) is 5.16 Å². The molecule has 0 amide bonds. The Bertz CT molecular complexity index is 323. The number of hydrogen-bond donors (Lipinski definition) is 1. The van der Waals surface area contributed by atoms with Crippen molar-refractivity contribution in [2.24, 2.45) is 0 Å². The van der Waals surface area contributed by atoms with E-state index in [1.807, 2.05) is 0 Å². The van der Waals surface area contributed by atoms with Gasteiger partial charge in [0, 0.05) is 46.3 Å². The second-order valence-corrected chi connectivity index (χ2v) is 4.23. The van der Waals surface area contributed by atoms with Crippen LogP contribution < -0.4 is 5.32 Å². The molecular formula is C11H20N4O2. The van der Waals surface area contributed by atoms with E-state index in [2.05, 4.69) is 20.4 Å². The molecule has 96 valence electrons. The number of nitrogens with one attached hydrogen (secondary N) is 1.